The van der Waals surface area contributed by atoms with E-state index in [1.54, 1.807) is 13.2 Å². The summed E-state index contributed by atoms with van der Waals surface area (Å²) in [6.07, 6.45) is 2.31. The summed E-state index contributed by atoms with van der Waals surface area (Å²) in [4.78, 5) is 12.4. The zero-order valence-corrected chi connectivity index (χ0v) is 15.1. The molecule has 0 saturated carbocycles. The van der Waals surface area contributed by atoms with Crippen LogP contribution in [0.1, 0.15) is 17.5 Å². The van der Waals surface area contributed by atoms with E-state index in [9.17, 15) is 10.1 Å². The second-order valence-electron chi connectivity index (χ2n) is 5.38. The van der Waals surface area contributed by atoms with Gasteiger partial charge in [0.05, 0.1) is 7.11 Å². The van der Waals surface area contributed by atoms with Gasteiger partial charge in [0.15, 0.2) is 0 Å². The number of methoxy groups -OCH3 is 1. The zero-order valence-electron chi connectivity index (χ0n) is 14.3. The van der Waals surface area contributed by atoms with E-state index < -0.39 is 5.91 Å². The quantitative estimate of drug-likeness (QED) is 0.549. The van der Waals surface area contributed by atoms with E-state index >= 15 is 0 Å². The predicted molar refractivity (Wildman–Crippen MR) is 102 cm³/mol. The number of nitrogens with zero attached hydrogens (tertiary/aromatic N) is 3. The summed E-state index contributed by atoms with van der Waals surface area (Å²) in [7, 11) is 1.61. The fourth-order valence-electron chi connectivity index (χ4n) is 2.51. The number of ether oxygens (including phenoxy) is 1. The molecule has 0 bridgehead atoms. The van der Waals surface area contributed by atoms with Crippen molar-refractivity contribution in [1.82, 2.24) is 10.2 Å². The number of rotatable bonds is 5. The van der Waals surface area contributed by atoms with Crippen molar-refractivity contribution >= 4 is 39.2 Å². The Hall–Kier alpha value is -3.24. The molecule has 3 aromatic rings. The molecular formula is C19H16N4O2S. The van der Waals surface area contributed by atoms with Crippen molar-refractivity contribution in [2.45, 2.75) is 13.3 Å². The van der Waals surface area contributed by atoms with Gasteiger partial charge in [0.25, 0.3) is 5.91 Å². The van der Waals surface area contributed by atoms with E-state index in [0.717, 1.165) is 33.5 Å². The second kappa shape index (κ2) is 7.76. The molecule has 2 aromatic carbocycles. The summed E-state index contributed by atoms with van der Waals surface area (Å²) < 4.78 is 5.37. The number of aromatic nitrogens is 2. The number of fused-ring (bicyclic) bond motifs is 1. The number of carbonyl (C=O) groups is 1. The van der Waals surface area contributed by atoms with E-state index in [2.05, 4.69) is 15.5 Å². The first kappa shape index (κ1) is 17.6. The Balaban J connectivity index is 1.95. The van der Waals surface area contributed by atoms with Crippen LogP contribution in [0.5, 0.6) is 5.75 Å². The minimum Gasteiger partial charge on any atom is -0.496 e. The highest BCUT2D eigenvalue weighted by Gasteiger charge is 2.14. The summed E-state index contributed by atoms with van der Waals surface area (Å²) in [5.74, 6) is 0.230. The van der Waals surface area contributed by atoms with Crippen LogP contribution in [-0.4, -0.2) is 23.2 Å². The van der Waals surface area contributed by atoms with Crippen molar-refractivity contribution in [3.63, 3.8) is 0 Å². The molecule has 0 radical (unpaired) electrons. The van der Waals surface area contributed by atoms with E-state index in [0.29, 0.717) is 5.13 Å². The Kier molecular flexibility index (Phi) is 5.25. The lowest BCUT2D eigenvalue weighted by Gasteiger charge is -2.08. The molecule has 1 aromatic heterocycles. The van der Waals surface area contributed by atoms with Gasteiger partial charge in [-0.05, 0) is 29.5 Å². The summed E-state index contributed by atoms with van der Waals surface area (Å²) in [6.45, 7) is 1.96. The molecule has 0 atom stereocenters. The number of carbonyl (C=O) groups excluding carboxylic acids is 1. The number of hydrogen-bond acceptors (Lipinski definition) is 6. The Morgan fingerprint density at radius 1 is 1.27 bits per heavy atom. The van der Waals surface area contributed by atoms with Gasteiger partial charge in [0.1, 0.15) is 22.4 Å². The average molecular weight is 364 g/mol. The highest BCUT2D eigenvalue weighted by Crippen LogP contribution is 2.29. The van der Waals surface area contributed by atoms with E-state index in [4.69, 9.17) is 4.74 Å². The van der Waals surface area contributed by atoms with Gasteiger partial charge >= 0.3 is 0 Å². The number of nitrogens with one attached hydrogen (secondary N) is 1. The number of aryl methyl sites for hydroxylation is 1. The Morgan fingerprint density at radius 3 is 2.69 bits per heavy atom. The lowest BCUT2D eigenvalue weighted by Crippen LogP contribution is -2.13. The van der Waals surface area contributed by atoms with Crippen molar-refractivity contribution in [2.75, 3.05) is 12.4 Å². The molecule has 130 valence electrons. The third kappa shape index (κ3) is 3.55. The molecule has 7 heteroatoms. The van der Waals surface area contributed by atoms with Crippen LogP contribution in [-0.2, 0) is 11.2 Å². The monoisotopic (exact) mass is 364 g/mol. The topological polar surface area (TPSA) is 87.9 Å². The second-order valence-corrected chi connectivity index (χ2v) is 6.44. The van der Waals surface area contributed by atoms with Gasteiger partial charge in [0, 0.05) is 5.39 Å². The van der Waals surface area contributed by atoms with Gasteiger partial charge in [-0.2, -0.15) is 5.26 Å². The van der Waals surface area contributed by atoms with E-state index in [1.165, 1.54) is 11.3 Å². The molecular weight excluding hydrogens is 348 g/mol. The van der Waals surface area contributed by atoms with Crippen molar-refractivity contribution in [2.24, 2.45) is 0 Å². The minimum absolute atomic E-state index is 0.00596. The maximum absolute atomic E-state index is 12.4. The number of amides is 1. The van der Waals surface area contributed by atoms with Crippen LogP contribution in [0.4, 0.5) is 5.13 Å². The van der Waals surface area contributed by atoms with Gasteiger partial charge in [-0.25, -0.2) is 0 Å². The largest absolute Gasteiger partial charge is 0.496 e. The summed E-state index contributed by atoms with van der Waals surface area (Å²) in [6, 6.07) is 13.3. The predicted octanol–water partition coefficient (Wildman–Crippen LogP) is 3.81. The molecule has 1 N–H and O–H groups in total. The summed E-state index contributed by atoms with van der Waals surface area (Å²) >= 11 is 1.30. The van der Waals surface area contributed by atoms with Crippen molar-refractivity contribution in [1.29, 1.82) is 5.26 Å². The Labute approximate surface area is 154 Å². The van der Waals surface area contributed by atoms with Crippen LogP contribution in [0.25, 0.3) is 16.8 Å². The van der Waals surface area contributed by atoms with Crippen LogP contribution in [0, 0.1) is 11.3 Å². The number of benzene rings is 2. The maximum Gasteiger partial charge on any atom is 0.268 e. The fourth-order valence-corrected chi connectivity index (χ4v) is 3.19. The van der Waals surface area contributed by atoms with Crippen LogP contribution in [0.3, 0.4) is 0 Å². The highest BCUT2D eigenvalue weighted by atomic mass is 32.1. The molecule has 0 aliphatic rings. The van der Waals surface area contributed by atoms with Gasteiger partial charge < -0.3 is 4.74 Å². The van der Waals surface area contributed by atoms with Gasteiger partial charge in [-0.15, -0.1) is 10.2 Å². The number of nitriles is 1. The fraction of sp³-hybridized carbons (Fsp3) is 0.158. The first-order valence-electron chi connectivity index (χ1n) is 7.97. The molecule has 0 fully saturated rings. The van der Waals surface area contributed by atoms with Crippen molar-refractivity contribution < 1.29 is 9.53 Å². The summed E-state index contributed by atoms with van der Waals surface area (Å²) in [5.41, 5.74) is 0.758. The van der Waals surface area contributed by atoms with Crippen molar-refractivity contribution in [3.05, 3.63) is 52.5 Å². The molecule has 0 saturated heterocycles. The third-order valence-corrected chi connectivity index (χ3v) is 4.78. The molecule has 3 rings (SSSR count). The first-order valence-corrected chi connectivity index (χ1v) is 8.79. The zero-order chi connectivity index (χ0) is 18.5. The smallest absolute Gasteiger partial charge is 0.268 e. The lowest BCUT2D eigenvalue weighted by atomic mass is 10.0. The molecule has 1 amide bonds. The van der Waals surface area contributed by atoms with Crippen molar-refractivity contribution in [3.8, 4) is 11.8 Å². The SMILES string of the molecule is CCc1nnc(NC(=O)/C(C#N)=C/c2ccc(OC)c3ccccc23)s1. The minimum atomic E-state index is -0.508. The third-order valence-electron chi connectivity index (χ3n) is 3.79. The lowest BCUT2D eigenvalue weighted by molar-refractivity contribution is -0.112. The molecule has 1 heterocycles. The summed E-state index contributed by atoms with van der Waals surface area (Å²) in [5, 5.41) is 22.9. The molecule has 0 aliphatic carbocycles. The van der Waals surface area contributed by atoms with Crippen LogP contribution >= 0.6 is 11.3 Å². The number of hydrogen-bond donors (Lipinski definition) is 1. The molecule has 26 heavy (non-hydrogen) atoms. The van der Waals surface area contributed by atoms with Gasteiger partial charge in [0.2, 0.25) is 5.13 Å². The normalized spacial score (nSPS) is 11.2. The molecule has 0 aliphatic heterocycles. The Morgan fingerprint density at radius 2 is 2.04 bits per heavy atom. The average Bonchev–Trinajstić information content (AvgIpc) is 3.13. The molecule has 0 spiro atoms. The molecule has 6 nitrogen and oxygen atoms in total. The Bertz CT molecular complexity index is 1030. The van der Waals surface area contributed by atoms with Crippen LogP contribution in [0.15, 0.2) is 42.0 Å². The number of anilines is 1. The van der Waals surface area contributed by atoms with Gasteiger partial charge in [-0.1, -0.05) is 48.6 Å². The van der Waals surface area contributed by atoms with Gasteiger partial charge in [-0.3, -0.25) is 10.1 Å². The standard InChI is InChI=1S/C19H16N4O2S/c1-3-17-22-23-19(26-17)21-18(24)13(11-20)10-12-8-9-16(25-2)15-7-5-4-6-14(12)15/h4-10H,3H2,1-2H3,(H,21,23,24)/b13-10+. The van der Waals surface area contributed by atoms with E-state index in [1.807, 2.05) is 49.4 Å². The van der Waals surface area contributed by atoms with Crippen LogP contribution < -0.4 is 10.1 Å². The maximum atomic E-state index is 12.4. The van der Waals surface area contributed by atoms with E-state index in [-0.39, 0.29) is 5.57 Å². The first-order chi connectivity index (χ1) is 12.7. The highest BCUT2D eigenvalue weighted by molar-refractivity contribution is 7.15. The van der Waals surface area contributed by atoms with Crippen LogP contribution in [0.2, 0.25) is 0 Å². The molecule has 0 unspecified atom stereocenters.